The van der Waals surface area contributed by atoms with Gasteiger partial charge in [0.1, 0.15) is 5.84 Å². The summed E-state index contributed by atoms with van der Waals surface area (Å²) in [6, 6.07) is 6.41. The number of nitrogen functional groups attached to an aromatic ring is 1. The number of hydrogen-bond donors (Lipinski definition) is 2. The van der Waals surface area contributed by atoms with Crippen LogP contribution >= 0.6 is 11.6 Å². The topological polar surface area (TPSA) is 53.1 Å². The first kappa shape index (κ1) is 16.3. The average molecular weight is 308 g/mol. The van der Waals surface area contributed by atoms with Crippen molar-refractivity contribution in [2.75, 3.05) is 6.54 Å². The Morgan fingerprint density at radius 2 is 2.05 bits per heavy atom. The minimum atomic E-state index is 0.0679. The lowest BCUT2D eigenvalue weighted by atomic mass is 10.1. The molecule has 0 aliphatic heterocycles. The molecular weight excluding hydrogens is 282 g/mol. The predicted molar refractivity (Wildman–Crippen MR) is 90.0 cm³/mol. The van der Waals surface area contributed by atoms with Crippen LogP contribution in [0.15, 0.2) is 18.2 Å². The van der Waals surface area contributed by atoms with Crippen molar-refractivity contribution in [1.82, 2.24) is 4.90 Å². The molecule has 1 fully saturated rings. The van der Waals surface area contributed by atoms with Crippen LogP contribution in [0.2, 0.25) is 5.02 Å². The summed E-state index contributed by atoms with van der Waals surface area (Å²) < 4.78 is 0. The van der Waals surface area contributed by atoms with Crippen LogP contribution in [-0.4, -0.2) is 23.3 Å². The monoisotopic (exact) mass is 307 g/mol. The molecule has 1 saturated carbocycles. The van der Waals surface area contributed by atoms with Gasteiger partial charge in [0.25, 0.3) is 0 Å². The fourth-order valence-electron chi connectivity index (χ4n) is 3.14. The third-order valence-electron chi connectivity index (χ3n) is 4.18. The van der Waals surface area contributed by atoms with Crippen LogP contribution in [-0.2, 0) is 6.54 Å². The highest BCUT2D eigenvalue weighted by Gasteiger charge is 2.23. The minimum absolute atomic E-state index is 0.0679. The van der Waals surface area contributed by atoms with Gasteiger partial charge in [-0.2, -0.15) is 0 Å². The van der Waals surface area contributed by atoms with E-state index in [2.05, 4.69) is 18.7 Å². The van der Waals surface area contributed by atoms with Crippen LogP contribution in [0.5, 0.6) is 0 Å². The molecule has 2 rings (SSSR count). The van der Waals surface area contributed by atoms with Gasteiger partial charge < -0.3 is 5.73 Å². The quantitative estimate of drug-likeness (QED) is 0.616. The lowest BCUT2D eigenvalue weighted by Gasteiger charge is -2.30. The number of rotatable bonds is 6. The van der Waals surface area contributed by atoms with Gasteiger partial charge in [-0.25, -0.2) is 0 Å². The molecule has 0 radical (unpaired) electrons. The van der Waals surface area contributed by atoms with Crippen LogP contribution in [0, 0.1) is 11.3 Å². The molecule has 1 aliphatic rings. The van der Waals surface area contributed by atoms with Gasteiger partial charge in [0, 0.05) is 29.7 Å². The van der Waals surface area contributed by atoms with Crippen LogP contribution in [0.1, 0.15) is 50.7 Å². The van der Waals surface area contributed by atoms with Gasteiger partial charge in [-0.05, 0) is 30.4 Å². The first-order valence-electron chi connectivity index (χ1n) is 7.84. The van der Waals surface area contributed by atoms with E-state index in [1.54, 1.807) is 6.07 Å². The van der Waals surface area contributed by atoms with Crippen LogP contribution in [0.25, 0.3) is 0 Å². The van der Waals surface area contributed by atoms with Gasteiger partial charge in [-0.1, -0.05) is 50.4 Å². The Morgan fingerprint density at radius 3 is 2.57 bits per heavy atom. The Labute approximate surface area is 133 Å². The zero-order valence-electron chi connectivity index (χ0n) is 13.0. The lowest BCUT2D eigenvalue weighted by Crippen LogP contribution is -2.35. The molecule has 0 unspecified atom stereocenters. The number of nitrogens with two attached hydrogens (primary N) is 1. The third kappa shape index (κ3) is 4.45. The Kier molecular flexibility index (Phi) is 5.65. The average Bonchev–Trinajstić information content (AvgIpc) is 2.93. The molecule has 0 amide bonds. The first-order valence-corrected chi connectivity index (χ1v) is 8.22. The molecule has 4 heteroatoms. The van der Waals surface area contributed by atoms with E-state index < -0.39 is 0 Å². The van der Waals surface area contributed by atoms with Gasteiger partial charge in [-0.3, -0.25) is 10.3 Å². The minimum Gasteiger partial charge on any atom is -0.384 e. The number of benzene rings is 1. The molecule has 1 aromatic rings. The highest BCUT2D eigenvalue weighted by molar-refractivity contribution is 6.31. The molecule has 0 spiro atoms. The smallest absolute Gasteiger partial charge is 0.122 e. The molecule has 21 heavy (non-hydrogen) atoms. The summed E-state index contributed by atoms with van der Waals surface area (Å²) in [4.78, 5) is 2.58. The van der Waals surface area contributed by atoms with E-state index in [9.17, 15) is 0 Å². The van der Waals surface area contributed by atoms with E-state index >= 15 is 0 Å². The first-order chi connectivity index (χ1) is 9.97. The summed E-state index contributed by atoms with van der Waals surface area (Å²) in [5.41, 5.74) is 7.34. The number of amidine groups is 1. The fraction of sp³-hybridized carbons (Fsp3) is 0.588. The van der Waals surface area contributed by atoms with Crippen molar-refractivity contribution >= 4 is 17.4 Å². The summed E-state index contributed by atoms with van der Waals surface area (Å²) in [5, 5.41) is 8.20. The molecule has 3 N–H and O–H groups in total. The number of halogens is 1. The summed E-state index contributed by atoms with van der Waals surface area (Å²) in [6.07, 6.45) is 5.29. The zero-order valence-corrected chi connectivity index (χ0v) is 13.8. The third-order valence-corrected chi connectivity index (χ3v) is 4.53. The molecule has 0 bridgehead atoms. The number of nitrogens with one attached hydrogen (secondary N) is 1. The zero-order chi connectivity index (χ0) is 15.4. The van der Waals surface area contributed by atoms with Gasteiger partial charge in [0.05, 0.1) is 0 Å². The molecule has 1 aromatic carbocycles. The predicted octanol–water partition coefficient (Wildman–Crippen LogP) is 4.02. The number of nitrogens with zero attached hydrogens (tertiary/aromatic N) is 1. The molecule has 0 saturated heterocycles. The van der Waals surface area contributed by atoms with E-state index in [0.29, 0.717) is 17.5 Å². The highest BCUT2D eigenvalue weighted by atomic mass is 35.5. The summed E-state index contributed by atoms with van der Waals surface area (Å²) in [6.45, 7) is 6.53. The Hall–Kier alpha value is -1.06. The van der Waals surface area contributed by atoms with Crippen molar-refractivity contribution in [3.63, 3.8) is 0 Å². The van der Waals surface area contributed by atoms with Crippen LogP contribution in [0.3, 0.4) is 0 Å². The summed E-state index contributed by atoms with van der Waals surface area (Å²) >= 11 is 6.38. The molecule has 0 heterocycles. The largest absolute Gasteiger partial charge is 0.384 e. The van der Waals surface area contributed by atoms with Crippen molar-refractivity contribution in [1.29, 1.82) is 5.41 Å². The lowest BCUT2D eigenvalue weighted by molar-refractivity contribution is 0.168. The molecule has 3 nitrogen and oxygen atoms in total. The second-order valence-electron chi connectivity index (χ2n) is 6.48. The maximum atomic E-state index is 7.48. The highest BCUT2D eigenvalue weighted by Crippen LogP contribution is 2.27. The molecule has 0 atom stereocenters. The van der Waals surface area contributed by atoms with Crippen LogP contribution < -0.4 is 5.73 Å². The van der Waals surface area contributed by atoms with Crippen molar-refractivity contribution in [2.24, 2.45) is 11.7 Å². The fourth-order valence-corrected chi connectivity index (χ4v) is 3.38. The van der Waals surface area contributed by atoms with Gasteiger partial charge in [-0.15, -0.1) is 0 Å². The maximum absolute atomic E-state index is 7.48. The molecular formula is C17H26ClN3. The normalized spacial score (nSPS) is 16.0. The Morgan fingerprint density at radius 1 is 1.38 bits per heavy atom. The van der Waals surface area contributed by atoms with E-state index in [0.717, 1.165) is 23.7 Å². The van der Waals surface area contributed by atoms with Crippen molar-refractivity contribution in [2.45, 2.75) is 52.1 Å². The van der Waals surface area contributed by atoms with Crippen molar-refractivity contribution in [3.8, 4) is 0 Å². The second kappa shape index (κ2) is 7.28. The SMILES string of the molecule is CC(C)CN(Cc1ccc(C(=N)N)cc1Cl)C1CCCC1. The summed E-state index contributed by atoms with van der Waals surface area (Å²) in [7, 11) is 0. The van der Waals surface area contributed by atoms with Crippen LogP contribution in [0.4, 0.5) is 0 Å². The molecule has 116 valence electrons. The Bertz CT molecular complexity index is 493. The molecule has 1 aliphatic carbocycles. The molecule has 0 aromatic heterocycles. The van der Waals surface area contributed by atoms with E-state index in [4.69, 9.17) is 22.7 Å². The van der Waals surface area contributed by atoms with Gasteiger partial charge in [0.2, 0.25) is 0 Å². The Balaban J connectivity index is 2.13. The van der Waals surface area contributed by atoms with E-state index in [1.807, 2.05) is 12.1 Å². The van der Waals surface area contributed by atoms with Crippen molar-refractivity contribution < 1.29 is 0 Å². The standard InChI is InChI=1S/C17H26ClN3/c1-12(2)10-21(15-5-3-4-6-15)11-14-8-7-13(17(19)20)9-16(14)18/h7-9,12,15H,3-6,10-11H2,1-2H3,(H3,19,20). The van der Waals surface area contributed by atoms with E-state index in [-0.39, 0.29) is 5.84 Å². The second-order valence-corrected chi connectivity index (χ2v) is 6.89. The summed E-state index contributed by atoms with van der Waals surface area (Å²) in [5.74, 6) is 0.721. The van der Waals surface area contributed by atoms with E-state index in [1.165, 1.54) is 25.7 Å². The number of hydrogen-bond acceptors (Lipinski definition) is 2. The maximum Gasteiger partial charge on any atom is 0.122 e. The van der Waals surface area contributed by atoms with Gasteiger partial charge in [0.15, 0.2) is 0 Å². The van der Waals surface area contributed by atoms with Crippen molar-refractivity contribution in [3.05, 3.63) is 34.3 Å². The van der Waals surface area contributed by atoms with Gasteiger partial charge >= 0.3 is 0 Å².